The Bertz CT molecular complexity index is 516. The van der Waals surface area contributed by atoms with Gasteiger partial charge in [-0.25, -0.2) is 0 Å². The molecule has 4 heteroatoms. The minimum absolute atomic E-state index is 0.248. The fourth-order valence-corrected chi connectivity index (χ4v) is 1.90. The van der Waals surface area contributed by atoms with Crippen LogP contribution in [0.2, 0.25) is 5.02 Å². The highest BCUT2D eigenvalue weighted by Gasteiger charge is 2.10. The minimum atomic E-state index is -0.548. The Morgan fingerprint density at radius 2 is 1.83 bits per heavy atom. The lowest BCUT2D eigenvalue weighted by molar-refractivity contribution is 0.290. The summed E-state index contributed by atoms with van der Waals surface area (Å²) in [4.78, 5) is 0. The minimum Gasteiger partial charge on any atom is -0.473 e. The Morgan fingerprint density at radius 1 is 1.11 bits per heavy atom. The van der Waals surface area contributed by atoms with Gasteiger partial charge in [0, 0.05) is 17.1 Å². The Morgan fingerprint density at radius 3 is 2.50 bits per heavy atom. The number of hydrogen-bond donors (Lipinski definition) is 1. The zero-order valence-corrected chi connectivity index (χ0v) is 11.2. The van der Waals surface area contributed by atoms with Crippen LogP contribution >= 0.6 is 23.2 Å². The molecular formula is C14H13Cl2NO. The van der Waals surface area contributed by atoms with Gasteiger partial charge in [0.25, 0.3) is 0 Å². The lowest BCUT2D eigenvalue weighted by Crippen LogP contribution is -2.20. The summed E-state index contributed by atoms with van der Waals surface area (Å²) in [7, 11) is 0. The molecule has 2 aromatic carbocycles. The van der Waals surface area contributed by atoms with Crippen LogP contribution in [-0.4, -0.2) is 12.1 Å². The molecule has 0 unspecified atom stereocenters. The van der Waals surface area contributed by atoms with Gasteiger partial charge in [-0.05, 0) is 23.8 Å². The Hall–Kier alpha value is -1.22. The van der Waals surface area contributed by atoms with E-state index in [0.717, 1.165) is 11.1 Å². The number of rotatable bonds is 4. The average molecular weight is 282 g/mol. The summed E-state index contributed by atoms with van der Waals surface area (Å²) in [5.41, 5.74) is 6.84. The van der Waals surface area contributed by atoms with Crippen molar-refractivity contribution in [3.63, 3.8) is 0 Å². The number of hydrogen-bond acceptors (Lipinski definition) is 2. The predicted octanol–water partition coefficient (Wildman–Crippen LogP) is 3.91. The van der Waals surface area contributed by atoms with Gasteiger partial charge in [-0.2, -0.15) is 0 Å². The number of nitrogens with two attached hydrogens (primary N) is 1. The van der Waals surface area contributed by atoms with Crippen LogP contribution in [0.4, 0.5) is 0 Å². The molecule has 0 aliphatic carbocycles. The quantitative estimate of drug-likeness (QED) is 0.863. The zero-order valence-electron chi connectivity index (χ0n) is 9.64. The smallest absolute Gasteiger partial charge is 0.184 e. The van der Waals surface area contributed by atoms with E-state index < -0.39 is 5.56 Å². The molecule has 0 aliphatic rings. The second kappa shape index (κ2) is 6.10. The molecule has 2 N–H and O–H groups in total. The zero-order chi connectivity index (χ0) is 13.0. The Kier molecular flexibility index (Phi) is 4.48. The highest BCUT2D eigenvalue weighted by molar-refractivity contribution is 6.31. The summed E-state index contributed by atoms with van der Waals surface area (Å²) in [6, 6.07) is 15.3. The molecule has 94 valence electrons. The van der Waals surface area contributed by atoms with Crippen molar-refractivity contribution in [1.29, 1.82) is 0 Å². The van der Waals surface area contributed by atoms with Gasteiger partial charge in [0.15, 0.2) is 5.56 Å². The molecule has 0 aromatic heterocycles. The molecule has 0 bridgehead atoms. The van der Waals surface area contributed by atoms with Crippen LogP contribution in [0, 0.1) is 0 Å². The number of ether oxygens (including phenoxy) is 1. The van der Waals surface area contributed by atoms with Gasteiger partial charge >= 0.3 is 0 Å². The van der Waals surface area contributed by atoms with E-state index in [-0.39, 0.29) is 6.54 Å². The third-order valence-corrected chi connectivity index (χ3v) is 2.97. The van der Waals surface area contributed by atoms with Crippen molar-refractivity contribution in [3.8, 4) is 16.9 Å². The first kappa shape index (κ1) is 13.2. The topological polar surface area (TPSA) is 35.2 Å². The molecule has 0 saturated carbocycles. The molecule has 0 saturated heterocycles. The maximum Gasteiger partial charge on any atom is 0.184 e. The van der Waals surface area contributed by atoms with Gasteiger partial charge in [-0.15, -0.1) is 0 Å². The van der Waals surface area contributed by atoms with Gasteiger partial charge < -0.3 is 10.5 Å². The van der Waals surface area contributed by atoms with Crippen molar-refractivity contribution in [2.75, 3.05) is 6.54 Å². The normalized spacial score (nSPS) is 12.2. The van der Waals surface area contributed by atoms with Gasteiger partial charge in [-0.1, -0.05) is 53.5 Å². The predicted molar refractivity (Wildman–Crippen MR) is 76.2 cm³/mol. The van der Waals surface area contributed by atoms with E-state index in [1.165, 1.54) is 0 Å². The average Bonchev–Trinajstić information content (AvgIpc) is 2.41. The Labute approximate surface area is 116 Å². The van der Waals surface area contributed by atoms with Crippen molar-refractivity contribution in [2.45, 2.75) is 5.56 Å². The second-order valence-electron chi connectivity index (χ2n) is 3.77. The number of halogens is 2. The highest BCUT2D eigenvalue weighted by Crippen LogP contribution is 2.33. The maximum absolute atomic E-state index is 6.02. The number of alkyl halides is 1. The first-order chi connectivity index (χ1) is 8.70. The van der Waals surface area contributed by atoms with E-state index in [1.54, 1.807) is 12.1 Å². The van der Waals surface area contributed by atoms with E-state index in [9.17, 15) is 0 Å². The molecule has 2 rings (SSSR count). The van der Waals surface area contributed by atoms with E-state index >= 15 is 0 Å². The monoisotopic (exact) mass is 281 g/mol. The van der Waals surface area contributed by atoms with Gasteiger partial charge in [0.05, 0.1) is 0 Å². The maximum atomic E-state index is 6.02. The third-order valence-electron chi connectivity index (χ3n) is 2.47. The standard InChI is InChI=1S/C14H13Cl2NO/c15-11-6-7-13(18-14(16)9-17)12(8-11)10-4-2-1-3-5-10/h1-8,14H,9,17H2/t14-/m0/s1. The van der Waals surface area contributed by atoms with Gasteiger partial charge in [0.1, 0.15) is 5.75 Å². The summed E-state index contributed by atoms with van der Waals surface area (Å²) in [6.45, 7) is 0.248. The van der Waals surface area contributed by atoms with Gasteiger partial charge in [-0.3, -0.25) is 0 Å². The fourth-order valence-electron chi connectivity index (χ4n) is 1.63. The summed E-state index contributed by atoms with van der Waals surface area (Å²) < 4.78 is 5.59. The van der Waals surface area contributed by atoms with Crippen LogP contribution in [0.3, 0.4) is 0 Å². The molecule has 2 aromatic rings. The molecule has 2 nitrogen and oxygen atoms in total. The summed E-state index contributed by atoms with van der Waals surface area (Å²) in [6.07, 6.45) is 0. The number of benzene rings is 2. The molecular weight excluding hydrogens is 269 g/mol. The SMILES string of the molecule is NC[C@@H](Cl)Oc1ccc(Cl)cc1-c1ccccc1. The second-order valence-corrected chi connectivity index (χ2v) is 4.69. The molecule has 0 fully saturated rings. The van der Waals surface area contributed by atoms with Crippen molar-refractivity contribution >= 4 is 23.2 Å². The van der Waals surface area contributed by atoms with E-state index in [0.29, 0.717) is 10.8 Å². The molecule has 0 radical (unpaired) electrons. The van der Waals surface area contributed by atoms with E-state index in [1.807, 2.05) is 36.4 Å². The van der Waals surface area contributed by atoms with Crippen LogP contribution in [0.25, 0.3) is 11.1 Å². The molecule has 1 atom stereocenters. The van der Waals surface area contributed by atoms with E-state index in [4.69, 9.17) is 33.7 Å². The van der Waals surface area contributed by atoms with Crippen LogP contribution < -0.4 is 10.5 Å². The molecule has 0 amide bonds. The fraction of sp³-hybridized carbons (Fsp3) is 0.143. The molecule has 0 heterocycles. The lowest BCUT2D eigenvalue weighted by atomic mass is 10.0. The summed E-state index contributed by atoms with van der Waals surface area (Å²) in [5.74, 6) is 0.677. The largest absolute Gasteiger partial charge is 0.473 e. The molecule has 18 heavy (non-hydrogen) atoms. The third kappa shape index (κ3) is 3.16. The molecule has 0 spiro atoms. The van der Waals surface area contributed by atoms with Crippen LogP contribution in [0.15, 0.2) is 48.5 Å². The van der Waals surface area contributed by atoms with Gasteiger partial charge in [0.2, 0.25) is 0 Å². The highest BCUT2D eigenvalue weighted by atomic mass is 35.5. The van der Waals surface area contributed by atoms with Crippen molar-refractivity contribution in [1.82, 2.24) is 0 Å². The first-order valence-corrected chi connectivity index (χ1v) is 6.38. The summed E-state index contributed by atoms with van der Waals surface area (Å²) in [5, 5.41) is 0.653. The van der Waals surface area contributed by atoms with Crippen LogP contribution in [0.5, 0.6) is 5.75 Å². The van der Waals surface area contributed by atoms with Crippen LogP contribution in [-0.2, 0) is 0 Å². The van der Waals surface area contributed by atoms with Crippen molar-refractivity contribution < 1.29 is 4.74 Å². The van der Waals surface area contributed by atoms with Crippen molar-refractivity contribution in [2.24, 2.45) is 5.73 Å². The first-order valence-electron chi connectivity index (χ1n) is 5.56. The summed E-state index contributed by atoms with van der Waals surface area (Å²) >= 11 is 11.9. The lowest BCUT2D eigenvalue weighted by Gasteiger charge is -2.15. The van der Waals surface area contributed by atoms with E-state index in [2.05, 4.69) is 0 Å². The Balaban J connectivity index is 2.41. The molecule has 0 aliphatic heterocycles. The van der Waals surface area contributed by atoms with Crippen molar-refractivity contribution in [3.05, 3.63) is 53.6 Å². The van der Waals surface area contributed by atoms with Crippen LogP contribution in [0.1, 0.15) is 0 Å².